The van der Waals surface area contributed by atoms with Crippen molar-refractivity contribution in [2.24, 2.45) is 5.92 Å². The zero-order valence-electron chi connectivity index (χ0n) is 28.3. The molecule has 0 atom stereocenters. The molecule has 0 heterocycles. The molecule has 0 amide bonds. The van der Waals surface area contributed by atoms with E-state index in [-0.39, 0.29) is 0 Å². The first-order valence-electron chi connectivity index (χ1n) is 17.8. The first kappa shape index (κ1) is 30.2. The molecule has 0 aliphatic heterocycles. The molecule has 9 rings (SSSR count). The highest BCUT2D eigenvalue weighted by Gasteiger charge is 2.30. The van der Waals surface area contributed by atoms with Crippen molar-refractivity contribution < 1.29 is 0 Å². The average Bonchev–Trinajstić information content (AvgIpc) is 4.01. The zero-order chi connectivity index (χ0) is 32.6. The molecule has 7 aromatic rings. The highest BCUT2D eigenvalue weighted by molar-refractivity contribution is 6.21. The van der Waals surface area contributed by atoms with Gasteiger partial charge in [-0.2, -0.15) is 0 Å². The van der Waals surface area contributed by atoms with Gasteiger partial charge in [-0.1, -0.05) is 147 Å². The Hall–Kier alpha value is -5.20. The van der Waals surface area contributed by atoms with E-state index in [9.17, 15) is 0 Å². The van der Waals surface area contributed by atoms with Gasteiger partial charge >= 0.3 is 0 Å². The Kier molecular flexibility index (Phi) is 8.03. The third-order valence-corrected chi connectivity index (χ3v) is 10.3. The molecule has 0 nitrogen and oxygen atoms in total. The number of allylic oxidation sites excluding steroid dienone is 4. The van der Waals surface area contributed by atoms with Crippen LogP contribution in [0.2, 0.25) is 0 Å². The summed E-state index contributed by atoms with van der Waals surface area (Å²) >= 11 is 0. The zero-order valence-corrected chi connectivity index (χ0v) is 28.3. The van der Waals surface area contributed by atoms with Crippen LogP contribution in [0.5, 0.6) is 0 Å². The van der Waals surface area contributed by atoms with Crippen LogP contribution in [-0.4, -0.2) is 0 Å². The fourth-order valence-corrected chi connectivity index (χ4v) is 7.95. The lowest BCUT2D eigenvalue weighted by Crippen LogP contribution is -2.01. The summed E-state index contributed by atoms with van der Waals surface area (Å²) in [5.41, 5.74) is 13.7. The van der Waals surface area contributed by atoms with Crippen LogP contribution in [-0.2, 0) is 0 Å². The molecule has 0 bridgehead atoms. The predicted octanol–water partition coefficient (Wildman–Crippen LogP) is 14.0. The minimum absolute atomic E-state index is 0.749. The average molecular weight is 619 g/mol. The first-order chi connectivity index (χ1) is 23.7. The van der Waals surface area contributed by atoms with Crippen LogP contribution in [0.1, 0.15) is 50.7 Å². The number of hydrogen-bond donors (Lipinski definition) is 0. The summed E-state index contributed by atoms with van der Waals surface area (Å²) in [4.78, 5) is 0. The highest BCUT2D eigenvalue weighted by atomic mass is 14.3. The lowest BCUT2D eigenvalue weighted by atomic mass is 9.81. The number of hydrogen-bond acceptors (Lipinski definition) is 0. The molecule has 0 spiro atoms. The molecule has 1 fully saturated rings. The van der Waals surface area contributed by atoms with Gasteiger partial charge in [0.15, 0.2) is 0 Å². The summed E-state index contributed by atoms with van der Waals surface area (Å²) < 4.78 is 0. The molecule has 0 heteroatoms. The molecular formula is C48H42. The van der Waals surface area contributed by atoms with Gasteiger partial charge in [0.1, 0.15) is 0 Å². The second-order valence-electron chi connectivity index (χ2n) is 13.1. The third-order valence-electron chi connectivity index (χ3n) is 10.3. The molecule has 2 aliphatic rings. The molecule has 234 valence electrons. The minimum Gasteiger partial charge on any atom is -0.0836 e. The van der Waals surface area contributed by atoms with Gasteiger partial charge in [-0.3, -0.25) is 0 Å². The normalized spacial score (nSPS) is 14.4. The number of rotatable bonds is 5. The van der Waals surface area contributed by atoms with E-state index in [4.69, 9.17) is 0 Å². The quantitative estimate of drug-likeness (QED) is 0.168. The van der Waals surface area contributed by atoms with Crippen LogP contribution in [0.4, 0.5) is 0 Å². The third kappa shape index (κ3) is 5.26. The van der Waals surface area contributed by atoms with E-state index in [1.54, 1.807) is 5.57 Å². The summed E-state index contributed by atoms with van der Waals surface area (Å²) in [6.45, 7) is 6.35. The van der Waals surface area contributed by atoms with E-state index in [2.05, 4.69) is 153 Å². The Balaban J connectivity index is 0.00000165. The van der Waals surface area contributed by atoms with Crippen molar-refractivity contribution >= 4 is 37.9 Å². The van der Waals surface area contributed by atoms with Crippen LogP contribution in [0, 0.1) is 12.8 Å². The molecule has 7 aromatic carbocycles. The second-order valence-corrected chi connectivity index (χ2v) is 13.1. The summed E-state index contributed by atoms with van der Waals surface area (Å²) in [7, 11) is 0. The Morgan fingerprint density at radius 2 is 1.06 bits per heavy atom. The largest absolute Gasteiger partial charge is 0.0836 e. The van der Waals surface area contributed by atoms with Gasteiger partial charge < -0.3 is 0 Å². The van der Waals surface area contributed by atoms with Crippen molar-refractivity contribution in [1.82, 2.24) is 0 Å². The molecule has 0 N–H and O–H groups in total. The lowest BCUT2D eigenvalue weighted by Gasteiger charge is -2.23. The van der Waals surface area contributed by atoms with Crippen LogP contribution < -0.4 is 0 Å². The SMILES string of the molecule is CC.Cc1c(C2=C(C3CC3)CCC=C2)cc(-c2c3ccccc3c(-c3ccccc3)c3ccccc23)cc1-c1ccc2ccccc2c1. The van der Waals surface area contributed by atoms with Gasteiger partial charge in [-0.15, -0.1) is 0 Å². The van der Waals surface area contributed by atoms with Gasteiger partial charge in [0.25, 0.3) is 0 Å². The smallest absolute Gasteiger partial charge is 0.00259 e. The number of benzene rings is 7. The van der Waals surface area contributed by atoms with Crippen molar-refractivity contribution in [3.05, 3.63) is 162 Å². The van der Waals surface area contributed by atoms with Gasteiger partial charge in [0, 0.05) is 0 Å². The second kappa shape index (κ2) is 12.8. The van der Waals surface area contributed by atoms with E-state index < -0.39 is 0 Å². The van der Waals surface area contributed by atoms with Crippen molar-refractivity contribution in [3.8, 4) is 33.4 Å². The monoisotopic (exact) mass is 618 g/mol. The molecular weight excluding hydrogens is 577 g/mol. The van der Waals surface area contributed by atoms with Gasteiger partial charge in [-0.05, 0) is 139 Å². The Labute approximate surface area is 285 Å². The fourth-order valence-electron chi connectivity index (χ4n) is 7.95. The van der Waals surface area contributed by atoms with E-state index in [1.807, 2.05) is 13.8 Å². The lowest BCUT2D eigenvalue weighted by molar-refractivity contribution is 0.855. The molecule has 0 aromatic heterocycles. The van der Waals surface area contributed by atoms with Crippen LogP contribution in [0.15, 0.2) is 151 Å². The Bertz CT molecular complexity index is 2310. The van der Waals surface area contributed by atoms with Crippen LogP contribution in [0.25, 0.3) is 71.3 Å². The van der Waals surface area contributed by atoms with Crippen molar-refractivity contribution in [2.75, 3.05) is 0 Å². The molecule has 0 unspecified atom stereocenters. The van der Waals surface area contributed by atoms with Crippen LogP contribution in [0.3, 0.4) is 0 Å². The van der Waals surface area contributed by atoms with Crippen LogP contribution >= 0.6 is 0 Å². The fraction of sp³-hybridized carbons (Fsp3) is 0.167. The Morgan fingerprint density at radius 1 is 0.500 bits per heavy atom. The maximum absolute atomic E-state index is 2.52. The molecule has 48 heavy (non-hydrogen) atoms. The summed E-state index contributed by atoms with van der Waals surface area (Å²) in [6, 6.07) is 49.6. The molecule has 0 saturated heterocycles. The Morgan fingerprint density at radius 3 is 1.71 bits per heavy atom. The van der Waals surface area contributed by atoms with E-state index >= 15 is 0 Å². The number of fused-ring (bicyclic) bond motifs is 3. The topological polar surface area (TPSA) is 0 Å². The van der Waals surface area contributed by atoms with Crippen molar-refractivity contribution in [1.29, 1.82) is 0 Å². The summed E-state index contributed by atoms with van der Waals surface area (Å²) in [6.07, 6.45) is 9.83. The highest BCUT2D eigenvalue weighted by Crippen LogP contribution is 2.49. The summed E-state index contributed by atoms with van der Waals surface area (Å²) in [5, 5.41) is 7.76. The van der Waals surface area contributed by atoms with Gasteiger partial charge in [0.2, 0.25) is 0 Å². The molecule has 0 radical (unpaired) electrons. The standard InChI is InChI=1S/C46H36.C2H6/c1-30-43(35-26-23-31-13-5-6-16-34(31)27-35)28-36(29-44(30)38-18-8-7-17-37(38)32-24-25-32)46-41-21-11-9-19-39(41)45(33-14-3-2-4-15-33)40-20-10-12-22-42(40)46;1-2/h2-6,8-16,18-23,26-29,32H,7,17,24-25H2,1H3;1-2H3. The minimum atomic E-state index is 0.749. The maximum Gasteiger partial charge on any atom is -0.00259 e. The summed E-state index contributed by atoms with van der Waals surface area (Å²) in [5.74, 6) is 0.749. The maximum atomic E-state index is 2.52. The van der Waals surface area contributed by atoms with Gasteiger partial charge in [0.05, 0.1) is 0 Å². The van der Waals surface area contributed by atoms with Gasteiger partial charge in [-0.25, -0.2) is 0 Å². The van der Waals surface area contributed by atoms with E-state index in [0.29, 0.717) is 0 Å². The van der Waals surface area contributed by atoms with Crippen molar-refractivity contribution in [3.63, 3.8) is 0 Å². The predicted molar refractivity (Wildman–Crippen MR) is 209 cm³/mol. The molecule has 2 aliphatic carbocycles. The van der Waals surface area contributed by atoms with Crippen molar-refractivity contribution in [2.45, 2.75) is 46.5 Å². The van der Waals surface area contributed by atoms with E-state index in [0.717, 1.165) is 12.3 Å². The molecule has 1 saturated carbocycles. The van der Waals surface area contributed by atoms with E-state index in [1.165, 1.54) is 102 Å². The first-order valence-corrected chi connectivity index (χ1v) is 17.8.